The highest BCUT2D eigenvalue weighted by atomic mass is 16.4. The number of hydrogen-bond acceptors (Lipinski definition) is 2. The normalized spacial score (nSPS) is 30.1. The number of allylic oxidation sites excluding steroid dienone is 2. The van der Waals surface area contributed by atoms with Gasteiger partial charge in [-0.1, -0.05) is 48.0 Å². The van der Waals surface area contributed by atoms with E-state index >= 15 is 0 Å². The van der Waals surface area contributed by atoms with Gasteiger partial charge in [-0.05, 0) is 30.4 Å². The van der Waals surface area contributed by atoms with Crippen LogP contribution < -0.4 is 0 Å². The highest BCUT2D eigenvalue weighted by Gasteiger charge is 2.35. The number of rotatable bonds is 1. The number of nitrogens with zero attached hydrogens (tertiary/aromatic N) is 1. The molecule has 0 amide bonds. The lowest BCUT2D eigenvalue weighted by Gasteiger charge is -2.35. The molecular formula is C15H17NO. The van der Waals surface area contributed by atoms with E-state index in [1.54, 1.807) is 0 Å². The van der Waals surface area contributed by atoms with Gasteiger partial charge in [-0.25, -0.2) is 0 Å². The third-order valence-corrected chi connectivity index (χ3v) is 4.04. The van der Waals surface area contributed by atoms with Crippen molar-refractivity contribution in [1.29, 1.82) is 0 Å². The molecule has 2 aliphatic rings. The molecule has 2 atom stereocenters. The molecule has 17 heavy (non-hydrogen) atoms. The maximum atomic E-state index is 9.22. The quantitative estimate of drug-likeness (QED) is 0.575. The van der Waals surface area contributed by atoms with Gasteiger partial charge in [-0.15, -0.1) is 0 Å². The van der Waals surface area contributed by atoms with E-state index < -0.39 is 0 Å². The van der Waals surface area contributed by atoms with E-state index in [4.69, 9.17) is 0 Å². The SMILES string of the molecule is O/N=C1\[C@H]2CC=C(c3ccccc3)[C@@H]1CCC2. The molecule has 1 N–H and O–H groups in total. The van der Waals surface area contributed by atoms with Crippen molar-refractivity contribution < 1.29 is 5.21 Å². The lowest BCUT2D eigenvalue weighted by Crippen LogP contribution is -2.32. The van der Waals surface area contributed by atoms with Crippen LogP contribution in [0.25, 0.3) is 5.57 Å². The van der Waals surface area contributed by atoms with Crippen LogP contribution in [-0.2, 0) is 0 Å². The Kier molecular flexibility index (Phi) is 2.71. The van der Waals surface area contributed by atoms with Crippen LogP contribution in [0, 0.1) is 11.8 Å². The fourth-order valence-electron chi connectivity index (χ4n) is 3.21. The lowest BCUT2D eigenvalue weighted by atomic mass is 9.69. The Bertz CT molecular complexity index is 461. The first-order valence-electron chi connectivity index (χ1n) is 6.37. The molecule has 0 unspecified atom stereocenters. The summed E-state index contributed by atoms with van der Waals surface area (Å²) in [6, 6.07) is 10.5. The topological polar surface area (TPSA) is 32.6 Å². The average Bonchev–Trinajstić information content (AvgIpc) is 2.39. The molecule has 1 saturated carbocycles. The average molecular weight is 227 g/mol. The predicted molar refractivity (Wildman–Crippen MR) is 69.1 cm³/mol. The Morgan fingerprint density at radius 2 is 1.94 bits per heavy atom. The van der Waals surface area contributed by atoms with Crippen LogP contribution in [0.1, 0.15) is 31.2 Å². The van der Waals surface area contributed by atoms with E-state index in [2.05, 4.69) is 35.5 Å². The van der Waals surface area contributed by atoms with Gasteiger partial charge >= 0.3 is 0 Å². The molecule has 2 nitrogen and oxygen atoms in total. The maximum absolute atomic E-state index is 9.22. The minimum Gasteiger partial charge on any atom is -0.411 e. The summed E-state index contributed by atoms with van der Waals surface area (Å²) in [5.41, 5.74) is 3.64. The first-order chi connectivity index (χ1) is 8.40. The van der Waals surface area contributed by atoms with Crippen LogP contribution in [0.5, 0.6) is 0 Å². The van der Waals surface area contributed by atoms with E-state index in [0.29, 0.717) is 11.8 Å². The van der Waals surface area contributed by atoms with Crippen molar-refractivity contribution in [2.24, 2.45) is 17.0 Å². The predicted octanol–water partition coefficient (Wildman–Crippen LogP) is 3.72. The van der Waals surface area contributed by atoms with Crippen molar-refractivity contribution in [3.05, 3.63) is 42.0 Å². The minimum atomic E-state index is 0.342. The van der Waals surface area contributed by atoms with E-state index in [9.17, 15) is 5.21 Å². The summed E-state index contributed by atoms with van der Waals surface area (Å²) >= 11 is 0. The fourth-order valence-corrected chi connectivity index (χ4v) is 3.21. The molecule has 0 aliphatic heterocycles. The molecule has 0 radical (unpaired) electrons. The zero-order valence-electron chi connectivity index (χ0n) is 9.84. The molecule has 2 aliphatic carbocycles. The molecule has 1 aromatic rings. The largest absolute Gasteiger partial charge is 0.411 e. The highest BCUT2D eigenvalue weighted by Crippen LogP contribution is 2.41. The van der Waals surface area contributed by atoms with Crippen LogP contribution in [0.15, 0.2) is 41.6 Å². The van der Waals surface area contributed by atoms with E-state index in [0.717, 1.165) is 18.6 Å². The number of hydrogen-bond donors (Lipinski definition) is 1. The van der Waals surface area contributed by atoms with Gasteiger partial charge in [0.1, 0.15) is 0 Å². The Morgan fingerprint density at radius 1 is 1.12 bits per heavy atom. The summed E-state index contributed by atoms with van der Waals surface area (Å²) in [5.74, 6) is 0.820. The molecule has 0 saturated heterocycles. The minimum absolute atomic E-state index is 0.342. The van der Waals surface area contributed by atoms with Gasteiger partial charge in [0.05, 0.1) is 5.71 Å². The fraction of sp³-hybridized carbons (Fsp3) is 0.400. The second-order valence-corrected chi connectivity index (χ2v) is 4.97. The van der Waals surface area contributed by atoms with Crippen LogP contribution in [0.3, 0.4) is 0 Å². The van der Waals surface area contributed by atoms with Gasteiger partial charge in [0.15, 0.2) is 0 Å². The van der Waals surface area contributed by atoms with Crippen molar-refractivity contribution >= 4 is 11.3 Å². The zero-order valence-corrected chi connectivity index (χ0v) is 9.84. The maximum Gasteiger partial charge on any atom is 0.0679 e. The molecule has 3 rings (SSSR count). The number of fused-ring (bicyclic) bond motifs is 2. The third kappa shape index (κ3) is 1.78. The molecule has 1 aromatic carbocycles. The van der Waals surface area contributed by atoms with Gasteiger partial charge in [-0.2, -0.15) is 0 Å². The first kappa shape index (κ1) is 10.6. The summed E-state index contributed by atoms with van der Waals surface area (Å²) in [4.78, 5) is 0. The lowest BCUT2D eigenvalue weighted by molar-refractivity contribution is 0.304. The van der Waals surface area contributed by atoms with Gasteiger partial charge in [0.25, 0.3) is 0 Å². The second-order valence-electron chi connectivity index (χ2n) is 4.97. The molecule has 0 aromatic heterocycles. The van der Waals surface area contributed by atoms with E-state index in [1.807, 2.05) is 6.07 Å². The van der Waals surface area contributed by atoms with Crippen molar-refractivity contribution in [3.63, 3.8) is 0 Å². The molecule has 1 fully saturated rings. The monoisotopic (exact) mass is 227 g/mol. The standard InChI is InChI=1S/C15H17NO/c17-16-15-12-7-4-8-14(15)13(10-9-12)11-5-2-1-3-6-11/h1-3,5-6,10,12,14,17H,4,7-9H2/b16-15+/t12-,14+/m1/s1. The van der Waals surface area contributed by atoms with Crippen molar-refractivity contribution in [2.75, 3.05) is 0 Å². The van der Waals surface area contributed by atoms with Gasteiger partial charge in [0, 0.05) is 11.8 Å². The van der Waals surface area contributed by atoms with Gasteiger partial charge in [0.2, 0.25) is 0 Å². The van der Waals surface area contributed by atoms with Crippen molar-refractivity contribution in [2.45, 2.75) is 25.7 Å². The molecule has 0 spiro atoms. The summed E-state index contributed by atoms with van der Waals surface area (Å²) in [7, 11) is 0. The summed E-state index contributed by atoms with van der Waals surface area (Å²) in [6.45, 7) is 0. The summed E-state index contributed by atoms with van der Waals surface area (Å²) in [6.07, 6.45) is 6.92. The molecule has 0 heterocycles. The zero-order chi connectivity index (χ0) is 11.7. The van der Waals surface area contributed by atoms with Crippen molar-refractivity contribution in [1.82, 2.24) is 0 Å². The van der Waals surface area contributed by atoms with Crippen LogP contribution in [-0.4, -0.2) is 10.9 Å². The van der Waals surface area contributed by atoms with Gasteiger partial charge < -0.3 is 5.21 Å². The summed E-state index contributed by atoms with van der Waals surface area (Å²) < 4.78 is 0. The Balaban J connectivity index is 2.01. The first-order valence-corrected chi connectivity index (χ1v) is 6.37. The molecular weight excluding hydrogens is 210 g/mol. The van der Waals surface area contributed by atoms with E-state index in [1.165, 1.54) is 24.0 Å². The molecule has 88 valence electrons. The molecule has 2 bridgehead atoms. The van der Waals surface area contributed by atoms with Gasteiger partial charge in [-0.3, -0.25) is 0 Å². The summed E-state index contributed by atoms with van der Waals surface area (Å²) in [5, 5.41) is 12.8. The van der Waals surface area contributed by atoms with Crippen LogP contribution in [0.4, 0.5) is 0 Å². The molecule has 2 heteroatoms. The number of benzene rings is 1. The highest BCUT2D eigenvalue weighted by molar-refractivity contribution is 6.00. The van der Waals surface area contributed by atoms with Crippen LogP contribution in [0.2, 0.25) is 0 Å². The Labute approximate surface area is 102 Å². The Morgan fingerprint density at radius 3 is 2.71 bits per heavy atom. The second kappa shape index (κ2) is 4.36. The Hall–Kier alpha value is -1.57. The smallest absolute Gasteiger partial charge is 0.0679 e. The third-order valence-electron chi connectivity index (χ3n) is 4.04. The van der Waals surface area contributed by atoms with Crippen molar-refractivity contribution in [3.8, 4) is 0 Å². The van der Waals surface area contributed by atoms with Crippen LogP contribution >= 0.6 is 0 Å². The number of oxime groups is 1. The van der Waals surface area contributed by atoms with E-state index in [-0.39, 0.29) is 0 Å².